The highest BCUT2D eigenvalue weighted by Gasteiger charge is 2.11. The van der Waals surface area contributed by atoms with Crippen LogP contribution in [0.2, 0.25) is 0 Å². The zero-order valence-corrected chi connectivity index (χ0v) is 6.13. The van der Waals surface area contributed by atoms with Crippen molar-refractivity contribution in [3.63, 3.8) is 0 Å². The molecule has 6 nitrogen and oxygen atoms in total. The Morgan fingerprint density at radius 1 is 1.64 bits per heavy atom. The number of hydrogen-bond acceptors (Lipinski definition) is 3. The van der Waals surface area contributed by atoms with E-state index in [9.17, 15) is 9.59 Å². The molecule has 0 aromatic carbocycles. The first-order valence-electron chi connectivity index (χ1n) is 3.02. The van der Waals surface area contributed by atoms with Crippen LogP contribution in [-0.4, -0.2) is 36.7 Å². The standard InChI is InChI=1S/C5H11N3O3/c1-7-5(11)8-2-3(6)4(9)10/h3H,2,6H2,1H3,(H,9,10)(H2,7,8,11)/t3-/m0/s1. The summed E-state index contributed by atoms with van der Waals surface area (Å²) in [5.41, 5.74) is 5.08. The first-order valence-corrected chi connectivity index (χ1v) is 3.02. The predicted molar refractivity (Wildman–Crippen MR) is 38.1 cm³/mol. The van der Waals surface area contributed by atoms with E-state index in [1.165, 1.54) is 7.05 Å². The smallest absolute Gasteiger partial charge is 0.322 e. The number of carboxylic acid groups (broad SMARTS) is 1. The first kappa shape index (κ1) is 9.70. The molecule has 0 aliphatic heterocycles. The highest BCUT2D eigenvalue weighted by atomic mass is 16.4. The van der Waals surface area contributed by atoms with Gasteiger partial charge in [-0.1, -0.05) is 0 Å². The van der Waals surface area contributed by atoms with Gasteiger partial charge < -0.3 is 21.5 Å². The number of aliphatic carboxylic acids is 1. The number of carbonyl (C=O) groups is 2. The Kier molecular flexibility index (Phi) is 3.97. The predicted octanol–water partition coefficient (Wildman–Crippen LogP) is -1.67. The minimum absolute atomic E-state index is 0.0744. The summed E-state index contributed by atoms with van der Waals surface area (Å²) in [6, 6.07) is -1.49. The molecule has 0 unspecified atom stereocenters. The molecular formula is C5H11N3O3. The van der Waals surface area contributed by atoms with Crippen LogP contribution in [0.5, 0.6) is 0 Å². The molecule has 64 valence electrons. The van der Waals surface area contributed by atoms with Crippen LogP contribution in [0, 0.1) is 0 Å². The molecule has 11 heavy (non-hydrogen) atoms. The maximum atomic E-state index is 10.5. The second kappa shape index (κ2) is 4.51. The minimum atomic E-state index is -1.14. The molecule has 0 radical (unpaired) electrons. The fourth-order valence-electron chi connectivity index (χ4n) is 0.378. The third-order valence-corrected chi connectivity index (χ3v) is 1.03. The lowest BCUT2D eigenvalue weighted by molar-refractivity contribution is -0.138. The fourth-order valence-corrected chi connectivity index (χ4v) is 0.378. The van der Waals surface area contributed by atoms with E-state index in [4.69, 9.17) is 10.8 Å². The number of hydrogen-bond donors (Lipinski definition) is 4. The van der Waals surface area contributed by atoms with Crippen LogP contribution in [0.3, 0.4) is 0 Å². The fraction of sp³-hybridized carbons (Fsp3) is 0.600. The molecule has 0 aromatic rings. The van der Waals surface area contributed by atoms with Crippen molar-refractivity contribution in [3.05, 3.63) is 0 Å². The molecule has 0 bridgehead atoms. The number of nitrogens with one attached hydrogen (secondary N) is 2. The molecular weight excluding hydrogens is 150 g/mol. The largest absolute Gasteiger partial charge is 0.480 e. The second-order valence-electron chi connectivity index (χ2n) is 1.90. The maximum absolute atomic E-state index is 10.5. The summed E-state index contributed by atoms with van der Waals surface area (Å²) in [5, 5.41) is 12.8. The quantitative estimate of drug-likeness (QED) is 0.397. The maximum Gasteiger partial charge on any atom is 0.322 e. The third kappa shape index (κ3) is 4.15. The van der Waals surface area contributed by atoms with Crippen molar-refractivity contribution < 1.29 is 14.7 Å². The topological polar surface area (TPSA) is 104 Å². The Morgan fingerprint density at radius 3 is 2.55 bits per heavy atom. The summed E-state index contributed by atoms with van der Waals surface area (Å²) in [5.74, 6) is -1.14. The van der Waals surface area contributed by atoms with Gasteiger partial charge in [0.05, 0.1) is 0 Å². The van der Waals surface area contributed by atoms with Crippen molar-refractivity contribution in [1.82, 2.24) is 10.6 Å². The highest BCUT2D eigenvalue weighted by Crippen LogP contribution is 1.74. The molecule has 5 N–H and O–H groups in total. The van der Waals surface area contributed by atoms with E-state index in [-0.39, 0.29) is 6.54 Å². The zero-order valence-electron chi connectivity index (χ0n) is 6.13. The lowest BCUT2D eigenvalue weighted by Gasteiger charge is -2.06. The zero-order chi connectivity index (χ0) is 8.85. The monoisotopic (exact) mass is 161 g/mol. The van der Waals surface area contributed by atoms with E-state index in [0.717, 1.165) is 0 Å². The van der Waals surface area contributed by atoms with Crippen LogP contribution in [0.15, 0.2) is 0 Å². The van der Waals surface area contributed by atoms with Crippen molar-refractivity contribution in [3.8, 4) is 0 Å². The molecule has 0 heterocycles. The van der Waals surface area contributed by atoms with E-state index in [2.05, 4.69) is 10.6 Å². The van der Waals surface area contributed by atoms with Crippen LogP contribution in [0.4, 0.5) is 4.79 Å². The number of amides is 2. The van der Waals surface area contributed by atoms with Gasteiger partial charge in [-0.05, 0) is 0 Å². The summed E-state index contributed by atoms with van der Waals surface area (Å²) in [7, 11) is 1.43. The molecule has 0 aliphatic carbocycles. The van der Waals surface area contributed by atoms with Gasteiger partial charge in [0.15, 0.2) is 0 Å². The van der Waals surface area contributed by atoms with Crippen LogP contribution in [0.25, 0.3) is 0 Å². The van der Waals surface area contributed by atoms with Crippen molar-refractivity contribution in [1.29, 1.82) is 0 Å². The number of rotatable bonds is 3. The van der Waals surface area contributed by atoms with Crippen LogP contribution in [-0.2, 0) is 4.79 Å². The van der Waals surface area contributed by atoms with Gasteiger partial charge in [0.1, 0.15) is 6.04 Å². The van der Waals surface area contributed by atoms with Gasteiger partial charge in [0, 0.05) is 13.6 Å². The molecule has 0 aliphatic rings. The molecule has 0 saturated heterocycles. The minimum Gasteiger partial charge on any atom is -0.480 e. The summed E-state index contributed by atoms with van der Waals surface area (Å²) in [4.78, 5) is 20.6. The van der Waals surface area contributed by atoms with Crippen molar-refractivity contribution in [2.75, 3.05) is 13.6 Å². The van der Waals surface area contributed by atoms with E-state index in [1.54, 1.807) is 0 Å². The summed E-state index contributed by atoms with van der Waals surface area (Å²) in [6.07, 6.45) is 0. The molecule has 0 fully saturated rings. The Balaban J connectivity index is 3.54. The summed E-state index contributed by atoms with van der Waals surface area (Å²) < 4.78 is 0. The van der Waals surface area contributed by atoms with Crippen LogP contribution >= 0.6 is 0 Å². The Morgan fingerprint density at radius 2 is 2.18 bits per heavy atom. The SMILES string of the molecule is CNC(=O)NC[C@H](N)C(=O)O. The van der Waals surface area contributed by atoms with Crippen molar-refractivity contribution in [2.24, 2.45) is 5.73 Å². The lowest BCUT2D eigenvalue weighted by Crippen LogP contribution is -2.44. The van der Waals surface area contributed by atoms with Gasteiger partial charge in [0.2, 0.25) is 0 Å². The van der Waals surface area contributed by atoms with E-state index in [1.807, 2.05) is 0 Å². The summed E-state index contributed by atoms with van der Waals surface area (Å²) in [6.45, 7) is -0.0744. The number of urea groups is 1. The first-order chi connectivity index (χ1) is 5.07. The average Bonchev–Trinajstić information content (AvgIpc) is 1.99. The molecule has 0 rings (SSSR count). The normalized spacial score (nSPS) is 11.8. The van der Waals surface area contributed by atoms with Gasteiger partial charge in [-0.2, -0.15) is 0 Å². The van der Waals surface area contributed by atoms with E-state index in [0.29, 0.717) is 0 Å². The van der Waals surface area contributed by atoms with Gasteiger partial charge >= 0.3 is 12.0 Å². The average molecular weight is 161 g/mol. The molecule has 0 aromatic heterocycles. The molecule has 1 atom stereocenters. The van der Waals surface area contributed by atoms with Crippen molar-refractivity contribution >= 4 is 12.0 Å². The molecule has 6 heteroatoms. The van der Waals surface area contributed by atoms with Crippen LogP contribution < -0.4 is 16.4 Å². The number of carbonyl (C=O) groups excluding carboxylic acids is 1. The number of nitrogens with two attached hydrogens (primary N) is 1. The van der Waals surface area contributed by atoms with Crippen molar-refractivity contribution in [2.45, 2.75) is 6.04 Å². The highest BCUT2D eigenvalue weighted by molar-refractivity contribution is 5.76. The Hall–Kier alpha value is -1.30. The van der Waals surface area contributed by atoms with Gasteiger partial charge in [-0.15, -0.1) is 0 Å². The second-order valence-corrected chi connectivity index (χ2v) is 1.90. The number of carboxylic acids is 1. The van der Waals surface area contributed by atoms with Gasteiger partial charge in [-0.25, -0.2) is 4.79 Å². The third-order valence-electron chi connectivity index (χ3n) is 1.03. The van der Waals surface area contributed by atoms with Gasteiger partial charge in [-0.3, -0.25) is 4.79 Å². The molecule has 2 amide bonds. The Bertz CT molecular complexity index is 159. The van der Waals surface area contributed by atoms with Gasteiger partial charge in [0.25, 0.3) is 0 Å². The van der Waals surface area contributed by atoms with E-state index >= 15 is 0 Å². The molecule has 0 saturated carbocycles. The van der Waals surface area contributed by atoms with Crippen LogP contribution in [0.1, 0.15) is 0 Å². The molecule has 0 spiro atoms. The summed E-state index contributed by atoms with van der Waals surface area (Å²) >= 11 is 0. The Labute approximate surface area is 63.8 Å². The van der Waals surface area contributed by atoms with E-state index < -0.39 is 18.0 Å². The lowest BCUT2D eigenvalue weighted by atomic mass is 10.3.